The predicted molar refractivity (Wildman–Crippen MR) is 65.3 cm³/mol. The Hall–Kier alpha value is -0.920. The third-order valence-electron chi connectivity index (χ3n) is 2.37. The monoisotopic (exact) mass is 261 g/mol. The van der Waals surface area contributed by atoms with Crippen LogP contribution in [-0.2, 0) is 22.9 Å². The molecule has 0 saturated heterocycles. The van der Waals surface area contributed by atoms with Gasteiger partial charge in [-0.05, 0) is 0 Å². The minimum Gasteiger partial charge on any atom is -0.394 e. The van der Waals surface area contributed by atoms with Gasteiger partial charge in [0.15, 0.2) is 9.84 Å². The van der Waals surface area contributed by atoms with Crippen LogP contribution in [0, 0.1) is 0 Å². The predicted octanol–water partition coefficient (Wildman–Crippen LogP) is -0.600. The first-order chi connectivity index (χ1) is 8.07. The molecule has 0 radical (unpaired) electrons. The molecule has 0 aliphatic rings. The van der Waals surface area contributed by atoms with Crippen molar-refractivity contribution >= 4 is 9.84 Å². The fourth-order valence-corrected chi connectivity index (χ4v) is 2.07. The van der Waals surface area contributed by atoms with E-state index in [1.807, 2.05) is 6.20 Å². The molecule has 1 aromatic rings. The van der Waals surface area contributed by atoms with Crippen LogP contribution in [0.25, 0.3) is 0 Å². The molecular weight excluding hydrogens is 242 g/mol. The second-order valence-corrected chi connectivity index (χ2v) is 6.22. The van der Waals surface area contributed by atoms with Gasteiger partial charge in [0.05, 0.1) is 25.1 Å². The standard InChI is InChI=1S/C10H19N3O3S/c1-2-17(15,16)6-3-11-7-10-8-12-13(9-10)4-5-14/h8-9,11,14H,2-7H2,1H3. The van der Waals surface area contributed by atoms with E-state index in [0.717, 1.165) is 5.56 Å². The van der Waals surface area contributed by atoms with Crippen molar-refractivity contribution in [1.82, 2.24) is 15.1 Å². The molecule has 1 heterocycles. The molecule has 0 saturated carbocycles. The van der Waals surface area contributed by atoms with Crippen molar-refractivity contribution < 1.29 is 13.5 Å². The molecule has 0 atom stereocenters. The zero-order valence-corrected chi connectivity index (χ0v) is 10.8. The van der Waals surface area contributed by atoms with Gasteiger partial charge < -0.3 is 10.4 Å². The zero-order valence-electron chi connectivity index (χ0n) is 9.96. The summed E-state index contributed by atoms with van der Waals surface area (Å²) in [5.41, 5.74) is 0.979. The number of sulfone groups is 1. The van der Waals surface area contributed by atoms with E-state index >= 15 is 0 Å². The maximum Gasteiger partial charge on any atom is 0.151 e. The number of aliphatic hydroxyl groups excluding tert-OH is 1. The zero-order chi connectivity index (χ0) is 12.7. The van der Waals surface area contributed by atoms with Crippen molar-refractivity contribution in [3.05, 3.63) is 18.0 Å². The van der Waals surface area contributed by atoms with Gasteiger partial charge in [0.1, 0.15) is 0 Å². The summed E-state index contributed by atoms with van der Waals surface area (Å²) >= 11 is 0. The van der Waals surface area contributed by atoms with Crippen molar-refractivity contribution in [2.45, 2.75) is 20.0 Å². The number of aliphatic hydroxyl groups is 1. The molecule has 0 fully saturated rings. The van der Waals surface area contributed by atoms with Crippen molar-refractivity contribution in [1.29, 1.82) is 0 Å². The Morgan fingerprint density at radius 1 is 1.53 bits per heavy atom. The first kappa shape index (κ1) is 14.1. The maximum atomic E-state index is 11.2. The lowest BCUT2D eigenvalue weighted by Gasteiger charge is -2.02. The molecular formula is C10H19N3O3S. The fraction of sp³-hybridized carbons (Fsp3) is 0.700. The van der Waals surface area contributed by atoms with Crippen molar-refractivity contribution in [3.8, 4) is 0 Å². The van der Waals surface area contributed by atoms with E-state index in [1.165, 1.54) is 0 Å². The maximum absolute atomic E-state index is 11.2. The lowest BCUT2D eigenvalue weighted by Crippen LogP contribution is -2.23. The highest BCUT2D eigenvalue weighted by Gasteiger charge is 2.06. The minimum atomic E-state index is -2.89. The molecule has 17 heavy (non-hydrogen) atoms. The van der Waals surface area contributed by atoms with Crippen LogP contribution in [0.4, 0.5) is 0 Å². The number of nitrogens with one attached hydrogen (secondary N) is 1. The Morgan fingerprint density at radius 2 is 2.29 bits per heavy atom. The summed E-state index contributed by atoms with van der Waals surface area (Å²) in [6.07, 6.45) is 3.54. The highest BCUT2D eigenvalue weighted by Crippen LogP contribution is 1.97. The largest absolute Gasteiger partial charge is 0.394 e. The molecule has 0 spiro atoms. The fourth-order valence-electron chi connectivity index (χ4n) is 1.33. The van der Waals surface area contributed by atoms with Gasteiger partial charge in [-0.3, -0.25) is 4.68 Å². The van der Waals surface area contributed by atoms with Crippen molar-refractivity contribution in [2.24, 2.45) is 0 Å². The van der Waals surface area contributed by atoms with E-state index in [9.17, 15) is 8.42 Å². The van der Waals surface area contributed by atoms with Gasteiger partial charge in [0.2, 0.25) is 0 Å². The first-order valence-corrected chi connectivity index (χ1v) is 7.43. The minimum absolute atomic E-state index is 0.0588. The van der Waals surface area contributed by atoms with Gasteiger partial charge in [-0.1, -0.05) is 6.92 Å². The van der Waals surface area contributed by atoms with Crippen LogP contribution in [-0.4, -0.2) is 48.0 Å². The molecule has 1 rings (SSSR count). The second-order valence-electron chi connectivity index (χ2n) is 3.75. The molecule has 0 aromatic carbocycles. The highest BCUT2D eigenvalue weighted by atomic mass is 32.2. The Labute approximate surface area is 102 Å². The highest BCUT2D eigenvalue weighted by molar-refractivity contribution is 7.91. The number of aromatic nitrogens is 2. The summed E-state index contributed by atoms with van der Waals surface area (Å²) in [6, 6.07) is 0. The molecule has 0 aliphatic carbocycles. The summed E-state index contributed by atoms with van der Waals surface area (Å²) < 4.78 is 24.1. The van der Waals surface area contributed by atoms with Gasteiger partial charge in [0.25, 0.3) is 0 Å². The number of hydrogen-bond acceptors (Lipinski definition) is 5. The Kier molecular flexibility index (Phi) is 5.60. The average Bonchev–Trinajstić information content (AvgIpc) is 2.73. The average molecular weight is 261 g/mol. The summed E-state index contributed by atoms with van der Waals surface area (Å²) in [6.45, 7) is 3.22. The van der Waals surface area contributed by atoms with Crippen molar-refractivity contribution in [3.63, 3.8) is 0 Å². The molecule has 0 aliphatic heterocycles. The quantitative estimate of drug-likeness (QED) is 0.610. The smallest absolute Gasteiger partial charge is 0.151 e. The topological polar surface area (TPSA) is 84.2 Å². The Morgan fingerprint density at radius 3 is 2.94 bits per heavy atom. The normalized spacial score (nSPS) is 11.9. The van der Waals surface area contributed by atoms with E-state index in [2.05, 4.69) is 10.4 Å². The van der Waals surface area contributed by atoms with Gasteiger partial charge >= 0.3 is 0 Å². The van der Waals surface area contributed by atoms with Gasteiger partial charge in [-0.2, -0.15) is 5.10 Å². The summed E-state index contributed by atoms with van der Waals surface area (Å²) in [7, 11) is -2.89. The van der Waals surface area contributed by atoms with E-state index in [1.54, 1.807) is 17.8 Å². The van der Waals surface area contributed by atoms with Crippen LogP contribution in [0.15, 0.2) is 12.4 Å². The van der Waals surface area contributed by atoms with Crippen LogP contribution in [0.1, 0.15) is 12.5 Å². The van der Waals surface area contributed by atoms with Gasteiger partial charge in [-0.25, -0.2) is 8.42 Å². The van der Waals surface area contributed by atoms with Crippen molar-refractivity contribution in [2.75, 3.05) is 24.7 Å². The number of rotatable bonds is 8. The van der Waals surface area contributed by atoms with Crippen LogP contribution in [0.3, 0.4) is 0 Å². The third-order valence-corrected chi connectivity index (χ3v) is 4.08. The lowest BCUT2D eigenvalue weighted by atomic mass is 10.3. The third kappa shape index (κ3) is 5.29. The van der Waals surface area contributed by atoms with Gasteiger partial charge in [-0.15, -0.1) is 0 Å². The van der Waals surface area contributed by atoms with E-state index in [4.69, 9.17) is 5.11 Å². The summed E-state index contributed by atoms with van der Waals surface area (Å²) in [5, 5.41) is 15.8. The SMILES string of the molecule is CCS(=O)(=O)CCNCc1cnn(CCO)c1. The van der Waals surface area contributed by atoms with Crippen LogP contribution in [0.2, 0.25) is 0 Å². The van der Waals surface area contributed by atoms with Crippen LogP contribution >= 0.6 is 0 Å². The number of nitrogens with zero attached hydrogens (tertiary/aromatic N) is 2. The molecule has 98 valence electrons. The lowest BCUT2D eigenvalue weighted by molar-refractivity contribution is 0.269. The van der Waals surface area contributed by atoms with E-state index in [-0.39, 0.29) is 18.1 Å². The van der Waals surface area contributed by atoms with Crippen LogP contribution in [0.5, 0.6) is 0 Å². The molecule has 0 amide bonds. The first-order valence-electron chi connectivity index (χ1n) is 5.60. The molecule has 7 heteroatoms. The van der Waals surface area contributed by atoms with E-state index in [0.29, 0.717) is 19.6 Å². The van der Waals surface area contributed by atoms with Crippen LogP contribution < -0.4 is 5.32 Å². The molecule has 1 aromatic heterocycles. The molecule has 2 N–H and O–H groups in total. The van der Waals surface area contributed by atoms with Gasteiger partial charge in [0, 0.05) is 30.6 Å². The van der Waals surface area contributed by atoms with E-state index < -0.39 is 9.84 Å². The Bertz CT molecular complexity index is 428. The number of hydrogen-bond donors (Lipinski definition) is 2. The molecule has 0 bridgehead atoms. The summed E-state index contributed by atoms with van der Waals surface area (Å²) in [4.78, 5) is 0. The second kappa shape index (κ2) is 6.73. The molecule has 6 nitrogen and oxygen atoms in total. The Balaban J connectivity index is 2.26. The molecule has 0 unspecified atom stereocenters. The summed E-state index contributed by atoms with van der Waals surface area (Å²) in [5.74, 6) is 0.345.